The van der Waals surface area contributed by atoms with Crippen LogP contribution in [-0.2, 0) is 42.7 Å². The van der Waals surface area contributed by atoms with Crippen molar-refractivity contribution in [2.24, 2.45) is 23.7 Å². The van der Waals surface area contributed by atoms with E-state index in [4.69, 9.17) is 38.1 Å². The maximum absolute atomic E-state index is 14.8. The van der Waals surface area contributed by atoms with Gasteiger partial charge in [-0.05, 0) is 89.7 Å². The number of Topliss-reactive ketones (excluding diaryl/α,β-unsaturated/α-hetero) is 1. The minimum Gasteiger partial charge on any atom is -0.462 e. The van der Waals surface area contributed by atoms with Crippen molar-refractivity contribution in [3.63, 3.8) is 0 Å². The van der Waals surface area contributed by atoms with E-state index in [-0.39, 0.29) is 90.6 Å². The summed E-state index contributed by atoms with van der Waals surface area (Å²) in [7, 11) is 6.88. The molecule has 14 atom stereocenters. The molecule has 1 N–H and O–H groups in total. The summed E-state index contributed by atoms with van der Waals surface area (Å²) in [4.78, 5) is 34.9. The van der Waals surface area contributed by atoms with Gasteiger partial charge in [-0.15, -0.1) is 11.3 Å². The van der Waals surface area contributed by atoms with Gasteiger partial charge >= 0.3 is 5.97 Å². The lowest BCUT2D eigenvalue weighted by Gasteiger charge is -2.38. The van der Waals surface area contributed by atoms with Gasteiger partial charge in [-0.1, -0.05) is 19.9 Å². The second-order valence-electron chi connectivity index (χ2n) is 15.4. The molecule has 0 aromatic carbocycles. The molecule has 4 unspecified atom stereocenters. The number of cyclic esters (lactones) is 1. The first-order valence-corrected chi connectivity index (χ1v) is 20.0. The van der Waals surface area contributed by atoms with E-state index in [9.17, 15) is 9.59 Å². The summed E-state index contributed by atoms with van der Waals surface area (Å²) in [6, 6.07) is 0.281. The molecule has 51 heavy (non-hydrogen) atoms. The van der Waals surface area contributed by atoms with Crippen LogP contribution in [0.4, 0.5) is 0 Å². The molecule has 3 aliphatic carbocycles. The van der Waals surface area contributed by atoms with Crippen molar-refractivity contribution in [2.75, 3.05) is 35.0 Å². The number of fused-ring (bicyclic) bond motifs is 8. The molecule has 2 saturated heterocycles. The lowest BCUT2D eigenvalue weighted by molar-refractivity contribution is -0.224. The van der Waals surface area contributed by atoms with Crippen molar-refractivity contribution < 1.29 is 42.7 Å². The van der Waals surface area contributed by atoms with E-state index in [2.05, 4.69) is 32.2 Å². The summed E-state index contributed by atoms with van der Waals surface area (Å²) in [6.45, 7) is 8.56. The number of nitrogens with zero attached hydrogens (tertiary/aromatic N) is 1. The highest BCUT2D eigenvalue weighted by Crippen LogP contribution is 2.62. The van der Waals surface area contributed by atoms with Gasteiger partial charge < -0.3 is 38.5 Å². The Balaban J connectivity index is 1.31. The van der Waals surface area contributed by atoms with Crippen LogP contribution in [0.2, 0.25) is 0 Å². The Bertz CT molecular complexity index is 1390. The Morgan fingerprint density at radius 2 is 1.86 bits per heavy atom. The number of esters is 1. The molecule has 1 aromatic heterocycles. The number of aromatic nitrogens is 1. The zero-order chi connectivity index (χ0) is 36.4. The van der Waals surface area contributed by atoms with Gasteiger partial charge in [0.2, 0.25) is 0 Å². The molecule has 1 saturated carbocycles. The van der Waals surface area contributed by atoms with Crippen LogP contribution in [0.1, 0.15) is 106 Å². The average Bonchev–Trinajstić information content (AvgIpc) is 3.82. The molecular weight excluding hydrogens is 673 g/mol. The fourth-order valence-corrected chi connectivity index (χ4v) is 10.9. The summed E-state index contributed by atoms with van der Waals surface area (Å²) in [5.74, 6) is -0.431. The molecule has 0 spiro atoms. The van der Waals surface area contributed by atoms with Crippen LogP contribution in [0.5, 0.6) is 0 Å². The van der Waals surface area contributed by atoms with Crippen molar-refractivity contribution in [1.82, 2.24) is 10.3 Å². The van der Waals surface area contributed by atoms with Crippen molar-refractivity contribution in [1.29, 1.82) is 0 Å². The Labute approximate surface area is 307 Å². The first kappa shape index (κ1) is 38.9. The van der Waals surface area contributed by atoms with Gasteiger partial charge in [0.25, 0.3) is 0 Å². The summed E-state index contributed by atoms with van der Waals surface area (Å²) in [6.07, 6.45) is 6.90. The van der Waals surface area contributed by atoms with E-state index in [1.54, 1.807) is 32.7 Å². The van der Waals surface area contributed by atoms with Gasteiger partial charge in [0, 0.05) is 55.9 Å². The normalized spacial score (nSPS) is 38.3. The van der Waals surface area contributed by atoms with Crippen LogP contribution < -0.4 is 5.32 Å². The van der Waals surface area contributed by atoms with E-state index < -0.39 is 12.2 Å². The van der Waals surface area contributed by atoms with Crippen LogP contribution >= 0.6 is 11.3 Å². The highest BCUT2D eigenvalue weighted by atomic mass is 32.1. The molecule has 3 fully saturated rings. The third-order valence-corrected chi connectivity index (χ3v) is 13.5. The third-order valence-electron chi connectivity index (χ3n) is 12.4. The molecule has 1 aromatic rings. The second-order valence-corrected chi connectivity index (χ2v) is 16.6. The highest BCUT2D eigenvalue weighted by molar-refractivity contribution is 7.11. The number of carbonyl (C=O) groups excluding carboxylic acids is 2. The Morgan fingerprint density at radius 3 is 2.55 bits per heavy atom. The molecule has 2 aliphatic heterocycles. The van der Waals surface area contributed by atoms with Gasteiger partial charge in [0.05, 0.1) is 42.0 Å². The number of hydrogen-bond donors (Lipinski definition) is 1. The molecule has 6 rings (SSSR count). The van der Waals surface area contributed by atoms with Gasteiger partial charge in [-0.3, -0.25) is 9.59 Å². The monoisotopic (exact) mass is 732 g/mol. The summed E-state index contributed by atoms with van der Waals surface area (Å²) in [5.41, 5.74) is 1.78. The van der Waals surface area contributed by atoms with Gasteiger partial charge in [-0.2, -0.15) is 0 Å². The van der Waals surface area contributed by atoms with Crippen LogP contribution in [0.15, 0.2) is 11.6 Å². The van der Waals surface area contributed by atoms with E-state index in [0.29, 0.717) is 13.0 Å². The van der Waals surface area contributed by atoms with Crippen LogP contribution in [0, 0.1) is 30.6 Å². The molecule has 3 heterocycles. The zero-order valence-corrected chi connectivity index (χ0v) is 32.6. The number of rotatable bonds is 11. The Morgan fingerprint density at radius 1 is 1.06 bits per heavy atom. The number of thiazole rings is 1. The standard InChI is InChI=1S/C39H60N2O9S/c1-9-23-11-10-12-31(50-34-14-13-30(40-5)21(3)47-34)20(2)37(43)28-17-26-25-15-24(49-39(46-8)32(45-7)19-44-6)16-29(25)38-36(41-22(4)51-38)35(26)27(28)18-33(42)48-23/h17,20-21,23-27,29-32,34-35,39-40H,9-16,18-19H2,1-8H3/t20-,21?,23+,24+,25+,26+,27-,29?,30+,31+,32+,34+,35?,39?/m1/s1. The van der Waals surface area contributed by atoms with Crippen LogP contribution in [0.3, 0.4) is 0 Å². The first-order valence-electron chi connectivity index (χ1n) is 19.2. The maximum atomic E-state index is 14.8. The minimum atomic E-state index is -0.573. The number of methoxy groups -OCH3 is 3. The predicted molar refractivity (Wildman–Crippen MR) is 193 cm³/mol. The molecule has 12 heteroatoms. The number of hydrogen-bond acceptors (Lipinski definition) is 12. The number of ether oxygens (including phenoxy) is 7. The fraction of sp³-hybridized carbons (Fsp3) is 0.821. The second kappa shape index (κ2) is 17.1. The highest BCUT2D eigenvalue weighted by Gasteiger charge is 2.56. The van der Waals surface area contributed by atoms with Gasteiger partial charge in [0.15, 0.2) is 18.4 Å². The maximum Gasteiger partial charge on any atom is 0.306 e. The van der Waals surface area contributed by atoms with Crippen molar-refractivity contribution in [2.45, 2.75) is 146 Å². The molecular formula is C39H60N2O9S. The number of allylic oxidation sites excluding steroid dienone is 2. The van der Waals surface area contributed by atoms with Crippen molar-refractivity contribution in [3.8, 4) is 0 Å². The predicted octanol–water partition coefficient (Wildman–Crippen LogP) is 5.83. The summed E-state index contributed by atoms with van der Waals surface area (Å²) in [5, 5.41) is 4.35. The van der Waals surface area contributed by atoms with Gasteiger partial charge in [-0.25, -0.2) is 4.98 Å². The quantitative estimate of drug-likeness (QED) is 0.218. The fourth-order valence-electron chi connectivity index (χ4n) is 9.69. The summed E-state index contributed by atoms with van der Waals surface area (Å²) >= 11 is 1.75. The number of likely N-dealkylation sites (N-methyl/N-ethyl adjacent to an activating group) is 1. The van der Waals surface area contributed by atoms with E-state index in [0.717, 1.165) is 61.2 Å². The van der Waals surface area contributed by atoms with Gasteiger partial charge in [0.1, 0.15) is 12.2 Å². The Hall–Kier alpha value is -1.77. The molecule has 5 aliphatic rings. The number of ketones is 1. The first-order chi connectivity index (χ1) is 24.6. The van der Waals surface area contributed by atoms with Crippen LogP contribution in [-0.4, -0.2) is 101 Å². The number of aryl methyl sites for hydroxylation is 1. The third kappa shape index (κ3) is 8.18. The topological polar surface area (TPSA) is 124 Å². The Kier molecular flexibility index (Phi) is 13.1. The van der Waals surface area contributed by atoms with Crippen LogP contribution in [0.25, 0.3) is 0 Å². The van der Waals surface area contributed by atoms with E-state index >= 15 is 0 Å². The molecule has 0 amide bonds. The zero-order valence-electron chi connectivity index (χ0n) is 31.8. The SMILES string of the molecule is CC[C@H]1CCC[C@H](O[C@H]2CC[C@H](NC)C(C)O2)[C@@H](C)C(=O)C2=C[C@@H]3C(c4nc(C)sc4C4C[C@@H](OC(OC)[C@H](COC)OC)C[C@H]43)[C@@H]2CC(=O)O1. The summed E-state index contributed by atoms with van der Waals surface area (Å²) < 4.78 is 42.5. The minimum absolute atomic E-state index is 0.0161. The van der Waals surface area contributed by atoms with E-state index in [1.807, 2.05) is 14.0 Å². The van der Waals surface area contributed by atoms with E-state index in [1.165, 1.54) is 4.88 Å². The largest absolute Gasteiger partial charge is 0.462 e. The molecule has 0 radical (unpaired) electrons. The van der Waals surface area contributed by atoms with Crippen molar-refractivity contribution in [3.05, 3.63) is 27.2 Å². The molecule has 0 bridgehead atoms. The smallest absolute Gasteiger partial charge is 0.306 e. The number of carbonyl (C=O) groups is 2. The molecule has 11 nitrogen and oxygen atoms in total. The lowest BCUT2D eigenvalue weighted by Crippen LogP contribution is -2.46. The molecule has 286 valence electrons. The van der Waals surface area contributed by atoms with Crippen molar-refractivity contribution >= 4 is 23.1 Å². The number of nitrogens with one attached hydrogen (secondary N) is 1. The lowest BCUT2D eigenvalue weighted by atomic mass is 9.67. The average molecular weight is 733 g/mol.